The van der Waals surface area contributed by atoms with E-state index in [-0.39, 0.29) is 31.3 Å². The zero-order valence-corrected chi connectivity index (χ0v) is 42.6. The number of carbonyl (C=O) groups excluding carboxylic acids is 3. The van der Waals surface area contributed by atoms with Crippen LogP contribution >= 0.6 is 0 Å². The molecule has 16 nitrogen and oxygen atoms in total. The van der Waals surface area contributed by atoms with Gasteiger partial charge in [-0.25, -0.2) is 23.6 Å². The summed E-state index contributed by atoms with van der Waals surface area (Å²) < 4.78 is 37.9. The van der Waals surface area contributed by atoms with Gasteiger partial charge in [0.05, 0.1) is 28.3 Å². The molecule has 2 aromatic carbocycles. The van der Waals surface area contributed by atoms with Crippen LogP contribution in [0.15, 0.2) is 71.8 Å². The van der Waals surface area contributed by atoms with E-state index < -0.39 is 88.3 Å². The Kier molecular flexibility index (Phi) is 28.7. The molecule has 7 N–H and O–H groups in total. The van der Waals surface area contributed by atoms with Crippen molar-refractivity contribution in [3.05, 3.63) is 82.9 Å². The molecule has 0 saturated heterocycles. The second-order valence-electron chi connectivity index (χ2n) is 17.1. The molecule has 2 aromatic rings. The lowest BCUT2D eigenvalue weighted by molar-refractivity contribution is -0.198. The SMILES string of the molecule is CC.CC.CO.COC(C)C1(C)C(=O)C(O)C2=C(C)[C@@H](OC(=O)[C@@H](Cc3ccccc3)OC(=O)C(F)CCN(C)C)CC(O)(CC1C(C)(C)OC)C2(C)C.NC(=O)O.O=C(O)c1ccccc1. The minimum absolute atomic E-state index is 0.0478. The molecule has 67 heavy (non-hydrogen) atoms. The highest BCUT2D eigenvalue weighted by Gasteiger charge is 2.64. The molecule has 8 atom stereocenters. The maximum Gasteiger partial charge on any atom is 0.402 e. The van der Waals surface area contributed by atoms with Gasteiger partial charge in [0.25, 0.3) is 0 Å². The molecule has 6 unspecified atom stereocenters. The highest BCUT2D eigenvalue weighted by molar-refractivity contribution is 5.93. The third-order valence-electron chi connectivity index (χ3n) is 12.3. The van der Waals surface area contributed by atoms with Crippen LogP contribution in [0.3, 0.4) is 0 Å². The molecule has 2 aliphatic carbocycles. The number of primary amides is 1. The molecular formula is C50H81FN2O14. The van der Waals surface area contributed by atoms with Crippen molar-refractivity contribution in [2.75, 3.05) is 42.0 Å². The molecule has 1 fully saturated rings. The van der Waals surface area contributed by atoms with Crippen molar-refractivity contribution >= 4 is 29.8 Å². The zero-order chi connectivity index (χ0) is 52.7. The molecule has 382 valence electrons. The predicted molar refractivity (Wildman–Crippen MR) is 255 cm³/mol. The Bertz CT molecular complexity index is 1840. The number of ketones is 1. The molecule has 0 spiro atoms. The summed E-state index contributed by atoms with van der Waals surface area (Å²) in [5, 5.41) is 47.2. The largest absolute Gasteiger partial charge is 0.478 e. The van der Waals surface area contributed by atoms with Crippen molar-refractivity contribution in [2.45, 2.75) is 144 Å². The van der Waals surface area contributed by atoms with Crippen molar-refractivity contribution in [3.63, 3.8) is 0 Å². The normalized spacial score (nSPS) is 22.9. The van der Waals surface area contributed by atoms with E-state index in [1.807, 2.05) is 41.5 Å². The van der Waals surface area contributed by atoms with Crippen LogP contribution in [0.5, 0.6) is 0 Å². The van der Waals surface area contributed by atoms with E-state index in [1.165, 1.54) is 14.2 Å². The minimum atomic E-state index is -1.95. The number of Topliss-reactive ketones (excluding diaryl/α,β-unsaturated/α-hetero) is 1. The molecule has 0 heterocycles. The van der Waals surface area contributed by atoms with E-state index in [2.05, 4.69) is 5.73 Å². The number of nitrogens with zero attached hydrogens (tertiary/aromatic N) is 1. The third-order valence-corrected chi connectivity index (χ3v) is 12.3. The quantitative estimate of drug-likeness (QED) is 0.0832. The van der Waals surface area contributed by atoms with E-state index in [9.17, 15) is 33.8 Å². The van der Waals surface area contributed by atoms with Gasteiger partial charge >= 0.3 is 24.0 Å². The summed E-state index contributed by atoms with van der Waals surface area (Å²) in [6, 6.07) is 17.1. The number of benzene rings is 2. The van der Waals surface area contributed by atoms with E-state index >= 15 is 0 Å². The lowest BCUT2D eigenvalue weighted by Gasteiger charge is -2.59. The van der Waals surface area contributed by atoms with Crippen molar-refractivity contribution < 1.29 is 72.8 Å². The molecule has 2 aliphatic rings. The summed E-state index contributed by atoms with van der Waals surface area (Å²) in [5.74, 6) is -4.12. The first-order valence-electron chi connectivity index (χ1n) is 22.4. The molecule has 4 rings (SSSR count). The molecule has 0 aromatic heterocycles. The van der Waals surface area contributed by atoms with E-state index in [0.717, 1.165) is 7.11 Å². The van der Waals surface area contributed by atoms with Crippen molar-refractivity contribution in [1.29, 1.82) is 0 Å². The molecule has 0 aliphatic heterocycles. The highest BCUT2D eigenvalue weighted by atomic mass is 19.1. The molecule has 1 saturated carbocycles. The summed E-state index contributed by atoms with van der Waals surface area (Å²) in [7, 11) is 7.54. The first kappa shape index (κ1) is 64.3. The maximum atomic E-state index is 14.8. The number of amides is 1. The minimum Gasteiger partial charge on any atom is -0.478 e. The lowest BCUT2D eigenvalue weighted by atomic mass is 9.49. The van der Waals surface area contributed by atoms with Crippen molar-refractivity contribution in [2.24, 2.45) is 22.5 Å². The number of halogens is 1. The zero-order valence-electron chi connectivity index (χ0n) is 42.6. The molecule has 0 radical (unpaired) electrons. The van der Waals surface area contributed by atoms with Crippen molar-refractivity contribution in [1.82, 2.24) is 4.90 Å². The number of aromatic carboxylic acids is 1. The number of hydrogen-bond acceptors (Lipinski definition) is 13. The Balaban J connectivity index is 0. The maximum absolute atomic E-state index is 14.8. The predicted octanol–water partition coefficient (Wildman–Crippen LogP) is 6.90. The number of esters is 2. The standard InChI is InChI=1S/C37H56FNO9.C7H6O2.2C2H6.CH3NO2.CH4O/c1-22-27(48-33(43)26(19-24-15-13-12-14-16-24)47-32(42)25(38)17-18-39(8)9)20-37(44)21-28(35(5,6)46-11)36(7,23(2)45-10)31(41)30(40)29(22)34(37,3)4;8-7(9)6-4-2-1-3-5-6;2*1-2;2-1(3)4;1-2/h12-16,23,25-28,30,40,44H,17-21H2,1-11H3;1-5H,(H,8,9);2*1-2H3;2H2,(H,3,4);2H,1H3/t23?,25?,26-,27+,28?,30?,36?,37?;;;;;/m1...../s1. The fraction of sp³-hybridized carbons (Fsp3) is 0.620. The van der Waals surface area contributed by atoms with Gasteiger partial charge in [0.15, 0.2) is 12.0 Å². The number of carbonyl (C=O) groups is 5. The van der Waals surface area contributed by atoms with E-state index in [4.69, 9.17) is 39.1 Å². The monoisotopic (exact) mass is 953 g/mol. The van der Waals surface area contributed by atoms with Crippen LogP contribution < -0.4 is 5.73 Å². The second-order valence-corrected chi connectivity index (χ2v) is 17.1. The molecule has 1 amide bonds. The fourth-order valence-corrected chi connectivity index (χ4v) is 8.15. The summed E-state index contributed by atoms with van der Waals surface area (Å²) >= 11 is 0. The summed E-state index contributed by atoms with van der Waals surface area (Å²) in [5.41, 5.74) is 0.727. The molecule has 2 bridgehead atoms. The highest BCUT2D eigenvalue weighted by Crippen LogP contribution is 2.59. The number of hydrogen-bond donors (Lipinski definition) is 6. The van der Waals surface area contributed by atoms with Crippen LogP contribution in [0.1, 0.15) is 111 Å². The Morgan fingerprint density at radius 3 is 1.79 bits per heavy atom. The van der Waals surface area contributed by atoms with E-state index in [0.29, 0.717) is 23.2 Å². The Labute approximate surface area is 397 Å². The fourth-order valence-electron chi connectivity index (χ4n) is 8.15. The van der Waals surface area contributed by atoms with Gasteiger partial charge in [-0.3, -0.25) is 4.79 Å². The van der Waals surface area contributed by atoms with Gasteiger partial charge in [-0.1, -0.05) is 90.1 Å². The third kappa shape index (κ3) is 17.7. The van der Waals surface area contributed by atoms with Crippen LogP contribution in [0, 0.1) is 16.7 Å². The van der Waals surface area contributed by atoms with Crippen LogP contribution in [-0.2, 0) is 39.8 Å². The van der Waals surface area contributed by atoms with Crippen LogP contribution in [0.25, 0.3) is 0 Å². The van der Waals surface area contributed by atoms with Gasteiger partial charge in [-0.15, -0.1) is 0 Å². The average Bonchev–Trinajstić information content (AvgIpc) is 3.30. The number of rotatable bonds is 14. The topological polar surface area (TPSA) is 253 Å². The van der Waals surface area contributed by atoms with Crippen LogP contribution in [0.2, 0.25) is 0 Å². The van der Waals surface area contributed by atoms with Crippen molar-refractivity contribution in [3.8, 4) is 0 Å². The number of aliphatic hydroxyl groups excluding tert-OH is 2. The van der Waals surface area contributed by atoms with Gasteiger partial charge in [0.2, 0.25) is 6.10 Å². The molecular weight excluding hydrogens is 872 g/mol. The average molecular weight is 953 g/mol. The van der Waals surface area contributed by atoms with Gasteiger partial charge in [0.1, 0.15) is 12.2 Å². The van der Waals surface area contributed by atoms with Crippen LogP contribution in [-0.4, -0.2) is 144 Å². The number of fused-ring (bicyclic) bond motifs is 2. The van der Waals surface area contributed by atoms with Crippen LogP contribution in [0.4, 0.5) is 9.18 Å². The van der Waals surface area contributed by atoms with E-state index in [1.54, 1.807) is 114 Å². The van der Waals surface area contributed by atoms with Gasteiger partial charge in [0, 0.05) is 58.5 Å². The summed E-state index contributed by atoms with van der Waals surface area (Å²) in [6.07, 6.45) is -8.36. The number of nitrogens with two attached hydrogens (primary N) is 1. The second kappa shape index (κ2) is 29.9. The Morgan fingerprint density at radius 2 is 1.37 bits per heavy atom. The summed E-state index contributed by atoms with van der Waals surface area (Å²) in [6.45, 7) is 20.7. The Morgan fingerprint density at radius 1 is 0.896 bits per heavy atom. The van der Waals surface area contributed by atoms with Gasteiger partial charge in [-0.2, -0.15) is 0 Å². The summed E-state index contributed by atoms with van der Waals surface area (Å²) in [4.78, 5) is 61.8. The lowest BCUT2D eigenvalue weighted by Crippen LogP contribution is -2.66. The Hall–Kier alpha value is -4.78. The van der Waals surface area contributed by atoms with Gasteiger partial charge in [-0.05, 0) is 84.0 Å². The number of ether oxygens (including phenoxy) is 4. The smallest absolute Gasteiger partial charge is 0.402 e. The number of alkyl halides is 1. The number of carboxylic acids is 1. The van der Waals surface area contributed by atoms with Gasteiger partial charge < -0.3 is 55.1 Å². The first-order valence-corrected chi connectivity index (χ1v) is 22.4. The number of aliphatic hydroxyl groups is 3. The number of methoxy groups -OCH3 is 2. The molecule has 17 heteroatoms. The number of carboxylic acid groups (broad SMARTS) is 2. The first-order chi connectivity index (χ1) is 31.2.